The van der Waals surface area contributed by atoms with E-state index in [-0.39, 0.29) is 30.8 Å². The van der Waals surface area contributed by atoms with Crippen molar-refractivity contribution in [2.24, 2.45) is 0 Å². The van der Waals surface area contributed by atoms with Gasteiger partial charge in [-0.05, 0) is 24.3 Å². The van der Waals surface area contributed by atoms with Crippen LogP contribution < -0.4 is 0 Å². The average Bonchev–Trinajstić information content (AvgIpc) is 3.19. The van der Waals surface area contributed by atoms with Crippen LogP contribution in [-0.2, 0) is 12.4 Å². The van der Waals surface area contributed by atoms with Crippen molar-refractivity contribution in [1.29, 1.82) is 0 Å². The minimum absolute atomic E-state index is 0.0444. The Labute approximate surface area is 160 Å². The van der Waals surface area contributed by atoms with Gasteiger partial charge in [0.05, 0.1) is 0 Å². The van der Waals surface area contributed by atoms with Crippen LogP contribution in [0.4, 0.5) is 26.3 Å². The highest BCUT2D eigenvalue weighted by Gasteiger charge is 2.37. The van der Waals surface area contributed by atoms with E-state index >= 15 is 0 Å². The van der Waals surface area contributed by atoms with E-state index in [1.165, 1.54) is 24.3 Å². The first kappa shape index (κ1) is 18.7. The molecular weight excluding hydrogens is 426 g/mol. The molecule has 4 rings (SSSR count). The SMILES string of the molecule is FC(F)(F)c1ncccc1-c1nc2sc(-c3cccnc3C(F)(F)F)nc2s1. The molecule has 0 aliphatic carbocycles. The maximum absolute atomic E-state index is 13.1. The molecule has 0 atom stereocenters. The van der Waals surface area contributed by atoms with Gasteiger partial charge in [-0.25, -0.2) is 9.97 Å². The largest absolute Gasteiger partial charge is 0.434 e. The van der Waals surface area contributed by atoms with Gasteiger partial charge >= 0.3 is 12.4 Å². The van der Waals surface area contributed by atoms with Gasteiger partial charge in [-0.1, -0.05) is 22.7 Å². The molecule has 0 amide bonds. The number of thiazole rings is 2. The number of rotatable bonds is 2. The summed E-state index contributed by atoms with van der Waals surface area (Å²) in [4.78, 5) is 15.5. The van der Waals surface area contributed by atoms with Crippen molar-refractivity contribution in [3.05, 3.63) is 48.0 Å². The van der Waals surface area contributed by atoms with Crippen molar-refractivity contribution < 1.29 is 26.3 Å². The third kappa shape index (κ3) is 3.33. The predicted octanol–water partition coefficient (Wildman–Crippen LogP) is 5.91. The second-order valence-corrected chi connectivity index (χ2v) is 7.40. The second-order valence-electron chi connectivity index (χ2n) is 5.44. The molecule has 0 saturated heterocycles. The molecule has 0 aliphatic rings. The summed E-state index contributed by atoms with van der Waals surface area (Å²) in [6.45, 7) is 0. The molecule has 4 aromatic heterocycles. The maximum Gasteiger partial charge on any atom is 0.434 e. The van der Waals surface area contributed by atoms with E-state index in [4.69, 9.17) is 0 Å². The zero-order valence-electron chi connectivity index (χ0n) is 13.3. The molecule has 0 radical (unpaired) electrons. The Morgan fingerprint density at radius 3 is 1.39 bits per heavy atom. The average molecular weight is 432 g/mol. The highest BCUT2D eigenvalue weighted by molar-refractivity contribution is 7.29. The number of hydrogen-bond acceptors (Lipinski definition) is 6. The lowest BCUT2D eigenvalue weighted by atomic mass is 10.2. The smallest absolute Gasteiger partial charge is 0.251 e. The van der Waals surface area contributed by atoms with Crippen molar-refractivity contribution in [2.75, 3.05) is 0 Å². The van der Waals surface area contributed by atoms with Gasteiger partial charge in [-0.2, -0.15) is 26.3 Å². The van der Waals surface area contributed by atoms with Gasteiger partial charge < -0.3 is 0 Å². The van der Waals surface area contributed by atoms with Crippen LogP contribution in [0.15, 0.2) is 36.7 Å². The quantitative estimate of drug-likeness (QED) is 0.369. The van der Waals surface area contributed by atoms with Crippen LogP contribution in [0, 0.1) is 0 Å². The molecule has 0 bridgehead atoms. The third-order valence-electron chi connectivity index (χ3n) is 3.59. The van der Waals surface area contributed by atoms with Gasteiger partial charge in [0, 0.05) is 23.5 Å². The summed E-state index contributed by atoms with van der Waals surface area (Å²) in [6, 6.07) is 5.18. The summed E-state index contributed by atoms with van der Waals surface area (Å²) in [5, 5.41) is 0.0888. The van der Waals surface area contributed by atoms with E-state index in [0.29, 0.717) is 0 Å². The molecule has 28 heavy (non-hydrogen) atoms. The molecule has 0 spiro atoms. The van der Waals surface area contributed by atoms with E-state index in [2.05, 4.69) is 19.9 Å². The summed E-state index contributed by atoms with van der Waals surface area (Å²) in [5.74, 6) is 0. The van der Waals surface area contributed by atoms with Crippen LogP contribution in [0.3, 0.4) is 0 Å². The number of hydrogen-bond donors (Lipinski definition) is 0. The number of aromatic nitrogens is 4. The number of fused-ring (bicyclic) bond motifs is 1. The fraction of sp³-hybridized carbons (Fsp3) is 0.125. The van der Waals surface area contributed by atoms with Crippen LogP contribution in [0.25, 0.3) is 30.8 Å². The molecule has 0 saturated carbocycles. The Morgan fingerprint density at radius 1 is 0.643 bits per heavy atom. The molecule has 144 valence electrons. The zero-order valence-corrected chi connectivity index (χ0v) is 15.0. The molecule has 0 unspecified atom stereocenters. The van der Waals surface area contributed by atoms with Gasteiger partial charge in [0.15, 0.2) is 21.0 Å². The number of nitrogens with zero attached hydrogens (tertiary/aromatic N) is 4. The van der Waals surface area contributed by atoms with E-state index < -0.39 is 23.7 Å². The van der Waals surface area contributed by atoms with Gasteiger partial charge in [-0.3, -0.25) is 9.97 Å². The Hall–Kier alpha value is -2.60. The van der Waals surface area contributed by atoms with Crippen molar-refractivity contribution in [3.8, 4) is 21.1 Å². The Balaban J connectivity index is 1.80. The number of pyridine rings is 2. The van der Waals surface area contributed by atoms with Crippen molar-refractivity contribution in [1.82, 2.24) is 19.9 Å². The third-order valence-corrected chi connectivity index (χ3v) is 5.68. The minimum atomic E-state index is -4.66. The Morgan fingerprint density at radius 2 is 1.04 bits per heavy atom. The van der Waals surface area contributed by atoms with Crippen LogP contribution in [0.2, 0.25) is 0 Å². The van der Waals surface area contributed by atoms with E-state index in [0.717, 1.165) is 35.1 Å². The fourth-order valence-electron chi connectivity index (χ4n) is 2.48. The highest BCUT2D eigenvalue weighted by atomic mass is 32.1. The van der Waals surface area contributed by atoms with Gasteiger partial charge in [0.25, 0.3) is 0 Å². The topological polar surface area (TPSA) is 51.6 Å². The Kier molecular flexibility index (Phi) is 4.34. The normalized spacial score (nSPS) is 12.6. The summed E-state index contributed by atoms with van der Waals surface area (Å²) in [7, 11) is 0. The lowest BCUT2D eigenvalue weighted by Crippen LogP contribution is -2.09. The summed E-state index contributed by atoms with van der Waals surface area (Å²) in [6.07, 6.45) is -7.27. The number of alkyl halides is 6. The molecule has 4 heterocycles. The molecule has 4 aromatic rings. The van der Waals surface area contributed by atoms with Gasteiger partial charge in [0.2, 0.25) is 0 Å². The van der Waals surface area contributed by atoms with E-state index in [1.807, 2.05) is 0 Å². The van der Waals surface area contributed by atoms with Crippen LogP contribution in [-0.4, -0.2) is 19.9 Å². The maximum atomic E-state index is 13.1. The standard InChI is InChI=1S/C16H6F6N4S2/c17-15(18,19)9-7(3-1-5-23-9)11-25-13-14(27-11)26-12(28-13)8-4-2-6-24-10(8)16(20,21)22/h1-6H. The molecule has 0 fully saturated rings. The monoisotopic (exact) mass is 432 g/mol. The molecule has 0 aromatic carbocycles. The van der Waals surface area contributed by atoms with Crippen molar-refractivity contribution in [3.63, 3.8) is 0 Å². The van der Waals surface area contributed by atoms with Crippen LogP contribution in [0.1, 0.15) is 11.4 Å². The molecule has 4 nitrogen and oxygen atoms in total. The second kappa shape index (κ2) is 6.48. The van der Waals surface area contributed by atoms with Crippen LogP contribution >= 0.6 is 22.7 Å². The van der Waals surface area contributed by atoms with E-state index in [9.17, 15) is 26.3 Å². The molecular formula is C16H6F6N4S2. The minimum Gasteiger partial charge on any atom is -0.251 e. The van der Waals surface area contributed by atoms with Gasteiger partial charge in [-0.15, -0.1) is 0 Å². The molecule has 12 heteroatoms. The van der Waals surface area contributed by atoms with Crippen molar-refractivity contribution >= 4 is 32.3 Å². The lowest BCUT2D eigenvalue weighted by Gasteiger charge is -2.09. The first-order valence-electron chi connectivity index (χ1n) is 7.47. The Bertz CT molecular complexity index is 1040. The molecule has 0 N–H and O–H groups in total. The van der Waals surface area contributed by atoms with Gasteiger partial charge in [0.1, 0.15) is 10.0 Å². The zero-order chi connectivity index (χ0) is 20.1. The first-order valence-corrected chi connectivity index (χ1v) is 9.10. The fourth-order valence-corrected chi connectivity index (χ4v) is 4.57. The lowest BCUT2D eigenvalue weighted by molar-refractivity contribution is -0.141. The summed E-state index contributed by atoms with van der Waals surface area (Å²) >= 11 is 1.71. The summed E-state index contributed by atoms with van der Waals surface area (Å²) in [5.41, 5.74) is -2.57. The van der Waals surface area contributed by atoms with Crippen molar-refractivity contribution in [2.45, 2.75) is 12.4 Å². The highest BCUT2D eigenvalue weighted by Crippen LogP contribution is 2.42. The molecule has 0 aliphatic heterocycles. The van der Waals surface area contributed by atoms with E-state index in [1.54, 1.807) is 0 Å². The number of halogens is 6. The summed E-state index contributed by atoms with van der Waals surface area (Å²) < 4.78 is 78.9. The predicted molar refractivity (Wildman–Crippen MR) is 91.8 cm³/mol. The van der Waals surface area contributed by atoms with Crippen LogP contribution in [0.5, 0.6) is 0 Å². The first-order chi connectivity index (χ1) is 13.1.